The van der Waals surface area contributed by atoms with Gasteiger partial charge >= 0.3 is 5.97 Å². The number of esters is 1. The van der Waals surface area contributed by atoms with E-state index in [4.69, 9.17) is 4.74 Å². The predicted molar refractivity (Wildman–Crippen MR) is 115 cm³/mol. The first-order valence-corrected chi connectivity index (χ1v) is 10.8. The van der Waals surface area contributed by atoms with Gasteiger partial charge < -0.3 is 9.72 Å². The van der Waals surface area contributed by atoms with Crippen molar-refractivity contribution in [2.75, 3.05) is 13.2 Å². The van der Waals surface area contributed by atoms with Crippen molar-refractivity contribution in [3.05, 3.63) is 76.3 Å². The van der Waals surface area contributed by atoms with Crippen molar-refractivity contribution in [3.63, 3.8) is 0 Å². The highest BCUT2D eigenvalue weighted by atomic mass is 32.2. The highest BCUT2D eigenvalue weighted by Gasteiger charge is 2.18. The average Bonchev–Trinajstić information content (AvgIpc) is 3.06. The van der Waals surface area contributed by atoms with E-state index >= 15 is 0 Å². The number of hydrogen-bond donors (Lipinski definition) is 2. The maximum atomic E-state index is 12.5. The Morgan fingerprint density at radius 3 is 2.50 bits per heavy atom. The molecular formula is C22H22N2O5S. The van der Waals surface area contributed by atoms with Crippen LogP contribution in [0.5, 0.6) is 0 Å². The molecule has 0 amide bonds. The summed E-state index contributed by atoms with van der Waals surface area (Å²) in [6.45, 7) is 2.66. The van der Waals surface area contributed by atoms with E-state index in [-0.39, 0.29) is 5.78 Å². The van der Waals surface area contributed by atoms with E-state index < -0.39 is 29.1 Å². The van der Waals surface area contributed by atoms with Crippen molar-refractivity contribution in [1.29, 1.82) is 0 Å². The van der Waals surface area contributed by atoms with Crippen molar-refractivity contribution in [1.82, 2.24) is 9.71 Å². The quantitative estimate of drug-likeness (QED) is 0.425. The molecule has 0 saturated carbocycles. The van der Waals surface area contributed by atoms with Crippen LogP contribution in [-0.2, 0) is 19.6 Å². The number of sulfonamides is 1. The molecule has 1 aromatic heterocycles. The molecule has 0 aliphatic heterocycles. The molecule has 0 aliphatic rings. The lowest BCUT2D eigenvalue weighted by Gasteiger charge is -2.05. The fourth-order valence-corrected chi connectivity index (χ4v) is 3.71. The highest BCUT2D eigenvalue weighted by molar-refractivity contribution is 7.92. The fourth-order valence-electron chi connectivity index (χ4n) is 2.96. The minimum Gasteiger partial charge on any atom is -0.456 e. The molecular weight excluding hydrogens is 404 g/mol. The number of aromatic nitrogens is 1. The Hall–Kier alpha value is -3.23. The first-order chi connectivity index (χ1) is 14.2. The first kappa shape index (κ1) is 21.5. The zero-order valence-electron chi connectivity index (χ0n) is 16.6. The fraction of sp³-hybridized carbons (Fsp3) is 0.182. The van der Waals surface area contributed by atoms with E-state index in [1.165, 1.54) is 6.08 Å². The van der Waals surface area contributed by atoms with E-state index in [1.54, 1.807) is 19.1 Å². The lowest BCUT2D eigenvalue weighted by atomic mass is 10.1. The molecule has 0 atom stereocenters. The number of Topliss-reactive ketones (excluding diaryl/α,β-unsaturated/α-hetero) is 1. The number of fused-ring (bicyclic) bond motifs is 1. The molecule has 156 valence electrons. The number of ether oxygens (including phenoxy) is 1. The Bertz CT molecular complexity index is 1210. The van der Waals surface area contributed by atoms with E-state index in [2.05, 4.69) is 9.71 Å². The second kappa shape index (κ2) is 9.06. The van der Waals surface area contributed by atoms with Gasteiger partial charge in [-0.25, -0.2) is 13.1 Å². The number of H-pyrrole nitrogens is 1. The molecule has 0 spiro atoms. The molecule has 0 bridgehead atoms. The molecule has 2 aromatic carbocycles. The van der Waals surface area contributed by atoms with Gasteiger partial charge in [0.2, 0.25) is 15.8 Å². The summed E-state index contributed by atoms with van der Waals surface area (Å²) < 4.78 is 31.1. The summed E-state index contributed by atoms with van der Waals surface area (Å²) >= 11 is 0. The summed E-state index contributed by atoms with van der Waals surface area (Å²) in [6.07, 6.45) is 1.43. The number of benzene rings is 2. The third kappa shape index (κ3) is 5.43. The summed E-state index contributed by atoms with van der Waals surface area (Å²) in [7, 11) is -3.82. The summed E-state index contributed by atoms with van der Waals surface area (Å²) in [4.78, 5) is 27.5. The van der Waals surface area contributed by atoms with E-state index in [1.807, 2.05) is 43.3 Å². The maximum absolute atomic E-state index is 12.5. The van der Waals surface area contributed by atoms with E-state index in [0.717, 1.165) is 21.9 Å². The third-order valence-electron chi connectivity index (χ3n) is 4.47. The van der Waals surface area contributed by atoms with Crippen molar-refractivity contribution in [3.8, 4) is 0 Å². The number of nitrogens with one attached hydrogen (secondary N) is 2. The van der Waals surface area contributed by atoms with Gasteiger partial charge in [0.1, 0.15) is 6.54 Å². The topological polar surface area (TPSA) is 105 Å². The van der Waals surface area contributed by atoms with Crippen LogP contribution in [0, 0.1) is 13.8 Å². The van der Waals surface area contributed by atoms with Crippen LogP contribution in [0.15, 0.2) is 53.9 Å². The van der Waals surface area contributed by atoms with Gasteiger partial charge in [0, 0.05) is 27.6 Å². The van der Waals surface area contributed by atoms with Gasteiger partial charge in [-0.1, -0.05) is 48.0 Å². The van der Waals surface area contributed by atoms with Gasteiger partial charge in [-0.05, 0) is 31.6 Å². The van der Waals surface area contributed by atoms with Crippen LogP contribution in [0.3, 0.4) is 0 Å². The Kier molecular flexibility index (Phi) is 6.49. The third-order valence-corrected chi connectivity index (χ3v) is 5.51. The van der Waals surface area contributed by atoms with Crippen LogP contribution < -0.4 is 4.72 Å². The lowest BCUT2D eigenvalue weighted by molar-refractivity contribution is -0.141. The standard InChI is InChI=1S/C22H22N2O5S/c1-15-7-9-17(10-8-15)11-12-30(27,28)23-13-21(26)29-14-20(25)22-16(2)24-19-6-4-3-5-18(19)22/h3-12,23-24H,13-14H2,1-2H3. The van der Waals surface area contributed by atoms with Gasteiger partial charge in [-0.3, -0.25) is 9.59 Å². The van der Waals surface area contributed by atoms with E-state index in [9.17, 15) is 18.0 Å². The van der Waals surface area contributed by atoms with Gasteiger partial charge in [-0.2, -0.15) is 0 Å². The molecule has 0 unspecified atom stereocenters. The Balaban J connectivity index is 1.53. The van der Waals surface area contributed by atoms with Crippen LogP contribution in [0.4, 0.5) is 0 Å². The number of hydrogen-bond acceptors (Lipinski definition) is 5. The molecule has 30 heavy (non-hydrogen) atoms. The van der Waals surface area contributed by atoms with Crippen LogP contribution in [-0.4, -0.2) is 38.3 Å². The monoisotopic (exact) mass is 426 g/mol. The van der Waals surface area contributed by atoms with Gasteiger partial charge in [0.15, 0.2) is 6.61 Å². The molecule has 7 nitrogen and oxygen atoms in total. The van der Waals surface area contributed by atoms with Crippen molar-refractivity contribution < 1.29 is 22.7 Å². The minimum atomic E-state index is -3.82. The average molecular weight is 426 g/mol. The summed E-state index contributed by atoms with van der Waals surface area (Å²) in [6, 6.07) is 14.6. The molecule has 1 heterocycles. The predicted octanol–water partition coefficient (Wildman–Crippen LogP) is 3.10. The number of rotatable bonds is 8. The zero-order chi connectivity index (χ0) is 21.7. The second-order valence-electron chi connectivity index (χ2n) is 6.83. The molecule has 8 heteroatoms. The highest BCUT2D eigenvalue weighted by Crippen LogP contribution is 2.22. The summed E-state index contributed by atoms with van der Waals surface area (Å²) in [5, 5.41) is 1.73. The molecule has 0 radical (unpaired) electrons. The SMILES string of the molecule is Cc1ccc(C=CS(=O)(=O)NCC(=O)OCC(=O)c2c(C)[nH]c3ccccc23)cc1. The van der Waals surface area contributed by atoms with Crippen molar-refractivity contribution >= 4 is 38.8 Å². The number of carbonyl (C=O) groups excluding carboxylic acids is 2. The minimum absolute atomic E-state index is 0.361. The Labute approximate surface area is 174 Å². The zero-order valence-corrected chi connectivity index (χ0v) is 17.5. The van der Waals surface area contributed by atoms with Crippen molar-refractivity contribution in [2.45, 2.75) is 13.8 Å². The second-order valence-corrected chi connectivity index (χ2v) is 8.48. The number of para-hydroxylation sites is 1. The lowest BCUT2D eigenvalue weighted by Crippen LogP contribution is -2.30. The Morgan fingerprint density at radius 2 is 1.77 bits per heavy atom. The number of carbonyl (C=O) groups is 2. The number of aromatic amines is 1. The van der Waals surface area contributed by atoms with Gasteiger partial charge in [0.05, 0.1) is 0 Å². The molecule has 0 saturated heterocycles. The molecule has 2 N–H and O–H groups in total. The molecule has 0 aliphatic carbocycles. The van der Waals surface area contributed by atoms with Crippen LogP contribution in [0.25, 0.3) is 17.0 Å². The van der Waals surface area contributed by atoms with Crippen molar-refractivity contribution in [2.24, 2.45) is 0 Å². The van der Waals surface area contributed by atoms with Gasteiger partial charge in [-0.15, -0.1) is 0 Å². The smallest absolute Gasteiger partial charge is 0.321 e. The summed E-state index contributed by atoms with van der Waals surface area (Å²) in [5.41, 5.74) is 3.73. The number of ketones is 1. The normalized spacial score (nSPS) is 11.8. The first-order valence-electron chi connectivity index (χ1n) is 9.26. The van der Waals surface area contributed by atoms with E-state index in [0.29, 0.717) is 16.8 Å². The van der Waals surface area contributed by atoms with Crippen LogP contribution in [0.2, 0.25) is 0 Å². The Morgan fingerprint density at radius 1 is 1.07 bits per heavy atom. The largest absolute Gasteiger partial charge is 0.456 e. The molecule has 3 aromatic rings. The number of aryl methyl sites for hydroxylation is 2. The maximum Gasteiger partial charge on any atom is 0.321 e. The van der Waals surface area contributed by atoms with Crippen LogP contribution in [0.1, 0.15) is 27.2 Å². The van der Waals surface area contributed by atoms with Gasteiger partial charge in [0.25, 0.3) is 0 Å². The molecule has 0 fully saturated rings. The molecule has 3 rings (SSSR count). The summed E-state index contributed by atoms with van der Waals surface area (Å²) in [5.74, 6) is -1.20. The van der Waals surface area contributed by atoms with Crippen LogP contribution >= 0.6 is 0 Å².